The summed E-state index contributed by atoms with van der Waals surface area (Å²) in [5.41, 5.74) is 0.950. The van der Waals surface area contributed by atoms with Gasteiger partial charge in [-0.15, -0.1) is 0 Å². The van der Waals surface area contributed by atoms with Gasteiger partial charge in [-0.1, -0.05) is 25.4 Å². The van der Waals surface area contributed by atoms with E-state index in [9.17, 15) is 0 Å². The Morgan fingerprint density at radius 1 is 1.42 bits per heavy atom. The molecular weight excluding hydrogens is 258 g/mol. The van der Waals surface area contributed by atoms with Crippen LogP contribution in [0.1, 0.15) is 39.3 Å². The van der Waals surface area contributed by atoms with Crippen molar-refractivity contribution in [2.45, 2.75) is 46.2 Å². The van der Waals surface area contributed by atoms with E-state index in [1.54, 1.807) is 0 Å². The molecule has 0 amide bonds. The maximum Gasteiger partial charge on any atom is 0.129 e. The molecule has 1 aromatic heterocycles. The third kappa shape index (κ3) is 3.40. The molecule has 0 aliphatic carbocycles. The van der Waals surface area contributed by atoms with E-state index < -0.39 is 0 Å². The van der Waals surface area contributed by atoms with Gasteiger partial charge in [-0.05, 0) is 44.4 Å². The number of halogens is 1. The number of pyridine rings is 1. The Kier molecular flexibility index (Phi) is 5.06. The minimum atomic E-state index is 0.550. The second kappa shape index (κ2) is 6.58. The summed E-state index contributed by atoms with van der Waals surface area (Å²) in [6.45, 7) is 9.48. The summed E-state index contributed by atoms with van der Waals surface area (Å²) in [5, 5.41) is 4.04. The first-order valence-electron chi connectivity index (χ1n) is 7.26. The van der Waals surface area contributed by atoms with Crippen molar-refractivity contribution in [3.05, 3.63) is 22.8 Å². The number of rotatable bonds is 4. The zero-order valence-corrected chi connectivity index (χ0v) is 12.9. The van der Waals surface area contributed by atoms with Crippen LogP contribution in [-0.4, -0.2) is 24.1 Å². The number of piperidine rings is 1. The fraction of sp³-hybridized carbons (Fsp3) is 0.667. The normalized spacial score (nSPS) is 23.7. The molecule has 0 saturated carbocycles. The Hall–Kier alpha value is -0.800. The summed E-state index contributed by atoms with van der Waals surface area (Å²) in [4.78, 5) is 7.17. The fourth-order valence-corrected chi connectivity index (χ4v) is 2.83. The SMILES string of the molecule is CCNCc1nc(N2CCCC(C)C2C)ccc1Cl. The molecule has 3 nitrogen and oxygen atoms in total. The molecule has 1 saturated heterocycles. The van der Waals surface area contributed by atoms with Gasteiger partial charge >= 0.3 is 0 Å². The second-order valence-corrected chi connectivity index (χ2v) is 5.84. The molecule has 0 aromatic carbocycles. The van der Waals surface area contributed by atoms with E-state index in [4.69, 9.17) is 16.6 Å². The van der Waals surface area contributed by atoms with Crippen LogP contribution >= 0.6 is 11.6 Å². The molecule has 2 heterocycles. The third-order valence-electron chi connectivity index (χ3n) is 4.11. The molecule has 0 bridgehead atoms. The Morgan fingerprint density at radius 2 is 2.21 bits per heavy atom. The lowest BCUT2D eigenvalue weighted by Crippen LogP contribution is -2.43. The first kappa shape index (κ1) is 14.6. The van der Waals surface area contributed by atoms with Crippen LogP contribution in [0, 0.1) is 5.92 Å². The first-order valence-corrected chi connectivity index (χ1v) is 7.64. The van der Waals surface area contributed by atoms with Gasteiger partial charge in [0, 0.05) is 19.1 Å². The predicted molar refractivity (Wildman–Crippen MR) is 81.8 cm³/mol. The van der Waals surface area contributed by atoms with Gasteiger partial charge in [0.05, 0.1) is 10.7 Å². The van der Waals surface area contributed by atoms with Crippen LogP contribution < -0.4 is 10.2 Å². The Morgan fingerprint density at radius 3 is 2.95 bits per heavy atom. The zero-order valence-electron chi connectivity index (χ0n) is 12.1. The molecule has 1 aliphatic heterocycles. The van der Waals surface area contributed by atoms with E-state index in [1.807, 2.05) is 12.1 Å². The van der Waals surface area contributed by atoms with Crippen molar-refractivity contribution >= 4 is 17.4 Å². The summed E-state index contributed by atoms with van der Waals surface area (Å²) >= 11 is 6.21. The summed E-state index contributed by atoms with van der Waals surface area (Å²) < 4.78 is 0. The minimum absolute atomic E-state index is 0.550. The third-order valence-corrected chi connectivity index (χ3v) is 4.46. The molecule has 2 rings (SSSR count). The molecule has 1 fully saturated rings. The predicted octanol–water partition coefficient (Wildman–Crippen LogP) is 3.47. The van der Waals surface area contributed by atoms with Crippen LogP contribution in [0.15, 0.2) is 12.1 Å². The summed E-state index contributed by atoms with van der Waals surface area (Å²) in [7, 11) is 0. The minimum Gasteiger partial charge on any atom is -0.354 e. The molecule has 106 valence electrons. The number of nitrogens with zero attached hydrogens (tertiary/aromatic N) is 2. The van der Waals surface area contributed by atoms with Crippen LogP contribution in [0.3, 0.4) is 0 Å². The van der Waals surface area contributed by atoms with E-state index in [1.165, 1.54) is 12.8 Å². The average molecular weight is 282 g/mol. The molecular formula is C15H24ClN3. The van der Waals surface area contributed by atoms with Crippen LogP contribution in [-0.2, 0) is 6.54 Å². The highest BCUT2D eigenvalue weighted by atomic mass is 35.5. The molecule has 2 unspecified atom stereocenters. The molecule has 1 aliphatic rings. The highest BCUT2D eigenvalue weighted by molar-refractivity contribution is 6.31. The lowest BCUT2D eigenvalue weighted by atomic mass is 9.92. The number of hydrogen-bond donors (Lipinski definition) is 1. The summed E-state index contributed by atoms with van der Waals surface area (Å²) in [6, 6.07) is 4.57. The lowest BCUT2D eigenvalue weighted by Gasteiger charge is -2.39. The summed E-state index contributed by atoms with van der Waals surface area (Å²) in [6.07, 6.45) is 2.56. The molecule has 1 aromatic rings. The van der Waals surface area contributed by atoms with E-state index in [0.29, 0.717) is 6.04 Å². The van der Waals surface area contributed by atoms with E-state index in [-0.39, 0.29) is 0 Å². The largest absolute Gasteiger partial charge is 0.354 e. The monoisotopic (exact) mass is 281 g/mol. The van der Waals surface area contributed by atoms with Crippen molar-refractivity contribution in [3.8, 4) is 0 Å². The highest BCUT2D eigenvalue weighted by Crippen LogP contribution is 2.28. The molecule has 19 heavy (non-hydrogen) atoms. The quantitative estimate of drug-likeness (QED) is 0.916. The average Bonchev–Trinajstić information content (AvgIpc) is 2.41. The number of aromatic nitrogens is 1. The van der Waals surface area contributed by atoms with Gasteiger partial charge in [-0.2, -0.15) is 0 Å². The van der Waals surface area contributed by atoms with Crippen molar-refractivity contribution in [2.24, 2.45) is 5.92 Å². The van der Waals surface area contributed by atoms with E-state index >= 15 is 0 Å². The molecule has 0 radical (unpaired) electrons. The van der Waals surface area contributed by atoms with E-state index in [0.717, 1.165) is 42.1 Å². The Balaban J connectivity index is 2.19. The van der Waals surface area contributed by atoms with E-state index in [2.05, 4.69) is 31.0 Å². The summed E-state index contributed by atoms with van der Waals surface area (Å²) in [5.74, 6) is 1.79. The second-order valence-electron chi connectivity index (χ2n) is 5.43. The number of nitrogens with one attached hydrogen (secondary N) is 1. The maximum atomic E-state index is 6.21. The fourth-order valence-electron chi connectivity index (χ4n) is 2.66. The van der Waals surface area contributed by atoms with Crippen LogP contribution in [0.2, 0.25) is 5.02 Å². The van der Waals surface area contributed by atoms with Crippen LogP contribution in [0.4, 0.5) is 5.82 Å². The zero-order chi connectivity index (χ0) is 13.8. The molecule has 2 atom stereocenters. The van der Waals surface area contributed by atoms with Gasteiger partial charge in [0.2, 0.25) is 0 Å². The highest BCUT2D eigenvalue weighted by Gasteiger charge is 2.25. The topological polar surface area (TPSA) is 28.2 Å². The molecule has 1 N–H and O–H groups in total. The number of anilines is 1. The number of hydrogen-bond acceptors (Lipinski definition) is 3. The van der Waals surface area contributed by atoms with Crippen molar-refractivity contribution < 1.29 is 0 Å². The van der Waals surface area contributed by atoms with Crippen molar-refractivity contribution in [3.63, 3.8) is 0 Å². The standard InChI is InChI=1S/C15H24ClN3/c1-4-17-10-14-13(16)7-8-15(18-14)19-9-5-6-11(2)12(19)3/h7-8,11-12,17H,4-6,9-10H2,1-3H3. The van der Waals surface area contributed by atoms with Crippen LogP contribution in [0.5, 0.6) is 0 Å². The Bertz CT molecular complexity index is 422. The first-order chi connectivity index (χ1) is 9.13. The van der Waals surface area contributed by atoms with Gasteiger partial charge in [-0.3, -0.25) is 0 Å². The molecule has 0 spiro atoms. The van der Waals surface area contributed by atoms with Crippen molar-refractivity contribution in [2.75, 3.05) is 18.0 Å². The van der Waals surface area contributed by atoms with Gasteiger partial charge < -0.3 is 10.2 Å². The van der Waals surface area contributed by atoms with Crippen LogP contribution in [0.25, 0.3) is 0 Å². The Labute approximate surface area is 121 Å². The molecule has 4 heteroatoms. The lowest BCUT2D eigenvalue weighted by molar-refractivity contribution is 0.361. The maximum absolute atomic E-state index is 6.21. The smallest absolute Gasteiger partial charge is 0.129 e. The van der Waals surface area contributed by atoms with Crippen molar-refractivity contribution in [1.29, 1.82) is 0 Å². The van der Waals surface area contributed by atoms with Gasteiger partial charge in [0.1, 0.15) is 5.82 Å². The van der Waals surface area contributed by atoms with Crippen molar-refractivity contribution in [1.82, 2.24) is 10.3 Å². The van der Waals surface area contributed by atoms with Gasteiger partial charge in [0.15, 0.2) is 0 Å². The van der Waals surface area contributed by atoms with Gasteiger partial charge in [-0.25, -0.2) is 4.98 Å². The van der Waals surface area contributed by atoms with Gasteiger partial charge in [0.25, 0.3) is 0 Å².